The molecule has 0 aromatic heterocycles. The van der Waals surface area contributed by atoms with Gasteiger partial charge in [0.1, 0.15) is 0 Å². The van der Waals surface area contributed by atoms with Crippen LogP contribution in [0.5, 0.6) is 0 Å². The lowest BCUT2D eigenvalue weighted by Gasteiger charge is -2.34. The van der Waals surface area contributed by atoms with E-state index in [4.69, 9.17) is 0 Å². The van der Waals surface area contributed by atoms with Crippen LogP contribution >= 0.6 is 0 Å². The molecule has 1 aliphatic rings. The topological polar surface area (TPSA) is 60.9 Å². The van der Waals surface area contributed by atoms with Gasteiger partial charge in [-0.1, -0.05) is 13.3 Å². The highest BCUT2D eigenvalue weighted by Gasteiger charge is 2.28. The van der Waals surface area contributed by atoms with Crippen molar-refractivity contribution < 1.29 is 13.2 Å². The first-order valence-electron chi connectivity index (χ1n) is 8.39. The molecule has 0 unspecified atom stereocenters. The van der Waals surface area contributed by atoms with E-state index in [2.05, 4.69) is 0 Å². The molecule has 0 spiro atoms. The predicted molar refractivity (Wildman–Crippen MR) is 96.9 cm³/mol. The number of nitrogens with zero attached hydrogens (tertiary/aromatic N) is 3. The zero-order valence-corrected chi connectivity index (χ0v) is 15.6. The fourth-order valence-electron chi connectivity index (χ4n) is 2.71. The van der Waals surface area contributed by atoms with Crippen LogP contribution in [0.1, 0.15) is 30.1 Å². The van der Waals surface area contributed by atoms with E-state index in [1.807, 2.05) is 50.2 Å². The van der Waals surface area contributed by atoms with Crippen molar-refractivity contribution in [2.75, 3.05) is 50.9 Å². The largest absolute Gasteiger partial charge is 0.378 e. The highest BCUT2D eigenvalue weighted by atomic mass is 32.2. The standard InChI is InChI=1S/C17H27N3O3S/c1-4-5-14-24(22,23)20-12-10-19(11-13-20)17(21)15-6-8-16(9-7-15)18(2)3/h6-9H,4-5,10-14H2,1-3H3. The van der Waals surface area contributed by atoms with E-state index >= 15 is 0 Å². The normalized spacial score (nSPS) is 16.2. The van der Waals surface area contributed by atoms with Gasteiger partial charge in [-0.05, 0) is 30.7 Å². The quantitative estimate of drug-likeness (QED) is 0.780. The minimum Gasteiger partial charge on any atom is -0.378 e. The minimum absolute atomic E-state index is 0.0362. The van der Waals surface area contributed by atoms with Gasteiger partial charge >= 0.3 is 0 Å². The monoisotopic (exact) mass is 353 g/mol. The van der Waals surface area contributed by atoms with Gasteiger partial charge in [-0.2, -0.15) is 4.31 Å². The highest BCUT2D eigenvalue weighted by Crippen LogP contribution is 2.16. The summed E-state index contributed by atoms with van der Waals surface area (Å²) < 4.78 is 25.9. The van der Waals surface area contributed by atoms with Crippen LogP contribution in [0.3, 0.4) is 0 Å². The van der Waals surface area contributed by atoms with E-state index < -0.39 is 10.0 Å². The van der Waals surface area contributed by atoms with Gasteiger partial charge in [0.15, 0.2) is 0 Å². The van der Waals surface area contributed by atoms with Gasteiger partial charge in [0.05, 0.1) is 5.75 Å². The fourth-order valence-corrected chi connectivity index (χ4v) is 4.34. The molecular formula is C17H27N3O3S. The maximum absolute atomic E-state index is 12.6. The number of hydrogen-bond acceptors (Lipinski definition) is 4. The molecule has 1 heterocycles. The number of carbonyl (C=O) groups excluding carboxylic acids is 1. The molecule has 2 rings (SSSR count). The van der Waals surface area contributed by atoms with E-state index in [1.165, 1.54) is 4.31 Å². The zero-order valence-electron chi connectivity index (χ0n) is 14.7. The van der Waals surface area contributed by atoms with Crippen LogP contribution in [0, 0.1) is 0 Å². The third kappa shape index (κ3) is 4.48. The van der Waals surface area contributed by atoms with Gasteiger partial charge in [0.2, 0.25) is 10.0 Å². The van der Waals surface area contributed by atoms with E-state index in [0.29, 0.717) is 38.2 Å². The van der Waals surface area contributed by atoms with Crippen molar-refractivity contribution in [1.82, 2.24) is 9.21 Å². The first-order valence-corrected chi connectivity index (χ1v) is 10.0. The molecule has 0 N–H and O–H groups in total. The number of unbranched alkanes of at least 4 members (excludes halogenated alkanes) is 1. The van der Waals surface area contributed by atoms with Crippen LogP contribution in [0.2, 0.25) is 0 Å². The minimum atomic E-state index is -3.18. The number of piperazine rings is 1. The van der Waals surface area contributed by atoms with E-state index in [9.17, 15) is 13.2 Å². The summed E-state index contributed by atoms with van der Waals surface area (Å²) in [6.45, 7) is 3.63. The average molecular weight is 353 g/mol. The molecular weight excluding hydrogens is 326 g/mol. The molecule has 0 saturated carbocycles. The van der Waals surface area contributed by atoms with Crippen molar-refractivity contribution in [2.45, 2.75) is 19.8 Å². The van der Waals surface area contributed by atoms with Crippen molar-refractivity contribution in [3.63, 3.8) is 0 Å². The highest BCUT2D eigenvalue weighted by molar-refractivity contribution is 7.89. The van der Waals surface area contributed by atoms with E-state index in [1.54, 1.807) is 4.90 Å². The van der Waals surface area contributed by atoms with Gasteiger partial charge in [0, 0.05) is 51.5 Å². The second kappa shape index (κ2) is 7.98. The second-order valence-corrected chi connectivity index (χ2v) is 8.39. The maximum atomic E-state index is 12.6. The molecule has 1 aliphatic heterocycles. The SMILES string of the molecule is CCCCS(=O)(=O)N1CCN(C(=O)c2ccc(N(C)C)cc2)CC1. The average Bonchev–Trinajstić information content (AvgIpc) is 2.59. The molecule has 0 aliphatic carbocycles. The Balaban J connectivity index is 1.95. The van der Waals surface area contributed by atoms with Crippen molar-refractivity contribution in [2.24, 2.45) is 0 Å². The molecule has 6 nitrogen and oxygen atoms in total. The molecule has 0 bridgehead atoms. The Morgan fingerprint density at radius 1 is 1.08 bits per heavy atom. The first kappa shape index (κ1) is 18.7. The summed E-state index contributed by atoms with van der Waals surface area (Å²) in [5.41, 5.74) is 1.68. The van der Waals surface area contributed by atoms with Gasteiger partial charge in [-0.3, -0.25) is 4.79 Å². The molecule has 1 amide bonds. The first-order chi connectivity index (χ1) is 11.3. The summed E-state index contributed by atoms with van der Waals surface area (Å²) in [6, 6.07) is 7.47. The smallest absolute Gasteiger partial charge is 0.253 e. The van der Waals surface area contributed by atoms with Gasteiger partial charge in [-0.15, -0.1) is 0 Å². The Morgan fingerprint density at radius 2 is 1.67 bits per heavy atom. The molecule has 0 atom stereocenters. The lowest BCUT2D eigenvalue weighted by Crippen LogP contribution is -2.51. The Hall–Kier alpha value is -1.60. The molecule has 24 heavy (non-hydrogen) atoms. The number of benzene rings is 1. The van der Waals surface area contributed by atoms with Crippen LogP contribution in [0.25, 0.3) is 0 Å². The number of sulfonamides is 1. The summed E-state index contributed by atoms with van der Waals surface area (Å²) in [4.78, 5) is 16.3. The third-order valence-corrected chi connectivity index (χ3v) is 6.26. The van der Waals surface area contributed by atoms with E-state index in [0.717, 1.165) is 12.1 Å². The van der Waals surface area contributed by atoms with Crippen LogP contribution in [0.15, 0.2) is 24.3 Å². The zero-order chi connectivity index (χ0) is 17.7. The van der Waals surface area contributed by atoms with Crippen molar-refractivity contribution in [3.8, 4) is 0 Å². The summed E-state index contributed by atoms with van der Waals surface area (Å²) in [5, 5.41) is 0. The van der Waals surface area contributed by atoms with Crippen LogP contribution in [-0.2, 0) is 10.0 Å². The molecule has 1 fully saturated rings. The molecule has 1 saturated heterocycles. The third-order valence-electron chi connectivity index (χ3n) is 4.31. The summed E-state index contributed by atoms with van der Waals surface area (Å²) in [7, 11) is 0.722. The van der Waals surface area contributed by atoms with Gasteiger partial charge < -0.3 is 9.80 Å². The number of carbonyl (C=O) groups is 1. The molecule has 1 aromatic rings. The maximum Gasteiger partial charge on any atom is 0.253 e. The van der Waals surface area contributed by atoms with Crippen molar-refractivity contribution >= 4 is 21.6 Å². The van der Waals surface area contributed by atoms with Gasteiger partial charge in [-0.25, -0.2) is 8.42 Å². The van der Waals surface area contributed by atoms with Crippen LogP contribution in [0.4, 0.5) is 5.69 Å². The second-order valence-electron chi connectivity index (χ2n) is 6.30. The predicted octanol–water partition coefficient (Wildman–Crippen LogP) is 1.64. The number of rotatable bonds is 6. The Labute approximate surface area is 145 Å². The number of amides is 1. The van der Waals surface area contributed by atoms with Crippen LogP contribution in [-0.4, -0.2) is 69.6 Å². The Bertz CT molecular complexity index is 648. The summed E-state index contributed by atoms with van der Waals surface area (Å²) in [5.74, 6) is 0.162. The fraction of sp³-hybridized carbons (Fsp3) is 0.588. The van der Waals surface area contributed by atoms with Crippen molar-refractivity contribution in [1.29, 1.82) is 0 Å². The molecule has 0 radical (unpaired) electrons. The van der Waals surface area contributed by atoms with E-state index in [-0.39, 0.29) is 11.7 Å². The summed E-state index contributed by atoms with van der Waals surface area (Å²) in [6.07, 6.45) is 1.54. The lowest BCUT2D eigenvalue weighted by molar-refractivity contribution is 0.0698. The van der Waals surface area contributed by atoms with Crippen molar-refractivity contribution in [3.05, 3.63) is 29.8 Å². The number of hydrogen-bond donors (Lipinski definition) is 0. The van der Waals surface area contributed by atoms with Gasteiger partial charge in [0.25, 0.3) is 5.91 Å². The molecule has 7 heteroatoms. The van der Waals surface area contributed by atoms with Crippen LogP contribution < -0.4 is 4.90 Å². The Morgan fingerprint density at radius 3 is 2.17 bits per heavy atom. The summed E-state index contributed by atoms with van der Waals surface area (Å²) >= 11 is 0. The molecule has 134 valence electrons. The number of anilines is 1. The Kier molecular flexibility index (Phi) is 6.23. The lowest BCUT2D eigenvalue weighted by atomic mass is 10.1. The molecule has 1 aromatic carbocycles.